The van der Waals surface area contributed by atoms with E-state index in [0.717, 1.165) is 0 Å². The highest BCUT2D eigenvalue weighted by Gasteiger charge is 2.14. The second-order valence-corrected chi connectivity index (χ2v) is 5.65. The molecule has 0 fully saturated rings. The van der Waals surface area contributed by atoms with E-state index >= 15 is 0 Å². The van der Waals surface area contributed by atoms with Crippen LogP contribution in [0, 0.1) is 10.1 Å². The van der Waals surface area contributed by atoms with Crippen molar-refractivity contribution in [3.05, 3.63) is 27.4 Å². The van der Waals surface area contributed by atoms with E-state index < -0.39 is 4.92 Å². The van der Waals surface area contributed by atoms with Gasteiger partial charge in [-0.2, -0.15) is 0 Å². The van der Waals surface area contributed by atoms with Gasteiger partial charge in [0.25, 0.3) is 5.69 Å². The number of pyridine rings is 1. The average Bonchev–Trinajstić information content (AvgIpc) is 2.25. The Morgan fingerprint density at radius 2 is 2.10 bits per heavy atom. The van der Waals surface area contributed by atoms with E-state index in [-0.39, 0.29) is 34.5 Å². The molecule has 1 heterocycles. The van der Waals surface area contributed by atoms with Crippen LogP contribution >= 0.6 is 11.6 Å². The molecule has 0 saturated heterocycles. The average molecular weight is 301 g/mol. The second kappa shape index (κ2) is 6.51. The molecule has 0 aliphatic heterocycles. The first-order chi connectivity index (χ1) is 9.17. The molecule has 0 radical (unpaired) electrons. The number of carbonyl (C=O) groups excluding carboxylic acids is 1. The van der Waals surface area contributed by atoms with Crippen molar-refractivity contribution in [3.63, 3.8) is 0 Å². The Morgan fingerprint density at radius 1 is 1.45 bits per heavy atom. The Morgan fingerprint density at radius 3 is 2.65 bits per heavy atom. The largest absolute Gasteiger partial charge is 0.369 e. The normalized spacial score (nSPS) is 11.0. The van der Waals surface area contributed by atoms with Crippen molar-refractivity contribution in [1.29, 1.82) is 0 Å². The molecule has 1 rings (SSSR count). The van der Waals surface area contributed by atoms with E-state index in [9.17, 15) is 14.9 Å². The zero-order valence-electron chi connectivity index (χ0n) is 11.6. The monoisotopic (exact) mass is 300 g/mol. The zero-order valence-corrected chi connectivity index (χ0v) is 12.3. The van der Waals surface area contributed by atoms with Crippen LogP contribution in [0.3, 0.4) is 0 Å². The third-order valence-corrected chi connectivity index (χ3v) is 2.36. The number of hydrogen-bond donors (Lipinski definition) is 2. The Balaban J connectivity index is 2.54. The van der Waals surface area contributed by atoms with Crippen LogP contribution in [0.5, 0.6) is 0 Å². The van der Waals surface area contributed by atoms with Crippen molar-refractivity contribution >= 4 is 29.0 Å². The highest BCUT2D eigenvalue weighted by atomic mass is 35.5. The summed E-state index contributed by atoms with van der Waals surface area (Å²) >= 11 is 5.69. The first-order valence-electron chi connectivity index (χ1n) is 6.04. The van der Waals surface area contributed by atoms with Crippen molar-refractivity contribution in [1.82, 2.24) is 10.3 Å². The molecule has 0 bridgehead atoms. The standard InChI is InChI=1S/C12H17ClN4O3/c1-12(2,3)16-11(18)4-5-14-10-7-8(17(19)20)6-9(13)15-10/h6-7H,4-5H2,1-3H3,(H,14,15)(H,16,18). The number of amides is 1. The molecule has 0 unspecified atom stereocenters. The summed E-state index contributed by atoms with van der Waals surface area (Å²) < 4.78 is 0. The van der Waals surface area contributed by atoms with E-state index in [1.165, 1.54) is 12.1 Å². The molecule has 20 heavy (non-hydrogen) atoms. The van der Waals surface area contributed by atoms with Crippen LogP contribution < -0.4 is 10.6 Å². The Hall–Kier alpha value is -1.89. The molecular formula is C12H17ClN4O3. The Labute approximate surface area is 121 Å². The van der Waals surface area contributed by atoms with Crippen LogP contribution in [0.4, 0.5) is 11.5 Å². The number of nitrogens with one attached hydrogen (secondary N) is 2. The summed E-state index contributed by atoms with van der Waals surface area (Å²) in [6.07, 6.45) is 0.235. The molecule has 0 atom stereocenters. The fourth-order valence-electron chi connectivity index (χ4n) is 1.46. The van der Waals surface area contributed by atoms with Crippen molar-refractivity contribution in [2.75, 3.05) is 11.9 Å². The molecule has 0 aromatic carbocycles. The molecule has 0 spiro atoms. The summed E-state index contributed by atoms with van der Waals surface area (Å²) in [5.41, 5.74) is -0.434. The van der Waals surface area contributed by atoms with Crippen LogP contribution in [-0.2, 0) is 4.79 Å². The SMILES string of the molecule is CC(C)(C)NC(=O)CCNc1cc([N+](=O)[O-])cc(Cl)n1. The topological polar surface area (TPSA) is 97.2 Å². The van der Waals surface area contributed by atoms with Crippen LogP contribution in [0.2, 0.25) is 5.15 Å². The molecule has 1 amide bonds. The van der Waals surface area contributed by atoms with Gasteiger partial charge >= 0.3 is 0 Å². The van der Waals surface area contributed by atoms with Crippen LogP contribution in [-0.4, -0.2) is 27.9 Å². The summed E-state index contributed by atoms with van der Waals surface area (Å²) in [5, 5.41) is 16.3. The van der Waals surface area contributed by atoms with Gasteiger partial charge in [-0.3, -0.25) is 14.9 Å². The minimum absolute atomic E-state index is 0.0286. The second-order valence-electron chi connectivity index (χ2n) is 5.27. The molecule has 0 saturated carbocycles. The number of aromatic nitrogens is 1. The van der Waals surface area contributed by atoms with E-state index in [2.05, 4.69) is 15.6 Å². The zero-order chi connectivity index (χ0) is 15.3. The van der Waals surface area contributed by atoms with Gasteiger partial charge in [-0.15, -0.1) is 0 Å². The van der Waals surface area contributed by atoms with Gasteiger partial charge in [0.2, 0.25) is 5.91 Å². The summed E-state index contributed by atoms with van der Waals surface area (Å²) in [6.45, 7) is 5.98. The molecule has 1 aromatic rings. The summed E-state index contributed by atoms with van der Waals surface area (Å²) in [4.78, 5) is 25.6. The third kappa shape index (κ3) is 5.83. The number of hydrogen-bond acceptors (Lipinski definition) is 5. The summed E-state index contributed by atoms with van der Waals surface area (Å²) in [5.74, 6) is 0.161. The van der Waals surface area contributed by atoms with E-state index in [0.29, 0.717) is 6.54 Å². The third-order valence-electron chi connectivity index (χ3n) is 2.16. The fraction of sp³-hybridized carbons (Fsp3) is 0.500. The van der Waals surface area contributed by atoms with E-state index in [4.69, 9.17) is 11.6 Å². The Bertz CT molecular complexity index is 514. The van der Waals surface area contributed by atoms with Gasteiger partial charge in [0.05, 0.1) is 17.1 Å². The molecule has 8 heteroatoms. The Kier molecular flexibility index (Phi) is 5.26. The molecule has 7 nitrogen and oxygen atoms in total. The lowest BCUT2D eigenvalue weighted by molar-refractivity contribution is -0.384. The number of carbonyl (C=O) groups is 1. The van der Waals surface area contributed by atoms with Crippen LogP contribution in [0.15, 0.2) is 12.1 Å². The van der Waals surface area contributed by atoms with Crippen LogP contribution in [0.25, 0.3) is 0 Å². The number of nitrogens with zero attached hydrogens (tertiary/aromatic N) is 2. The van der Waals surface area contributed by atoms with Gasteiger partial charge in [0, 0.05) is 18.5 Å². The first kappa shape index (κ1) is 16.2. The predicted octanol–water partition coefficient (Wildman–Crippen LogP) is 2.36. The lowest BCUT2D eigenvalue weighted by atomic mass is 10.1. The summed E-state index contributed by atoms with van der Waals surface area (Å²) in [7, 11) is 0. The predicted molar refractivity (Wildman–Crippen MR) is 76.9 cm³/mol. The van der Waals surface area contributed by atoms with E-state index in [1.54, 1.807) is 0 Å². The van der Waals surface area contributed by atoms with Crippen molar-refractivity contribution in [2.45, 2.75) is 32.7 Å². The lowest BCUT2D eigenvalue weighted by Crippen LogP contribution is -2.41. The molecule has 2 N–H and O–H groups in total. The van der Waals surface area contributed by atoms with Crippen molar-refractivity contribution < 1.29 is 9.72 Å². The molecule has 0 aliphatic carbocycles. The maximum absolute atomic E-state index is 11.6. The van der Waals surface area contributed by atoms with Crippen LogP contribution in [0.1, 0.15) is 27.2 Å². The lowest BCUT2D eigenvalue weighted by Gasteiger charge is -2.20. The molecule has 1 aromatic heterocycles. The maximum atomic E-state index is 11.6. The maximum Gasteiger partial charge on any atom is 0.276 e. The highest BCUT2D eigenvalue weighted by molar-refractivity contribution is 6.29. The highest BCUT2D eigenvalue weighted by Crippen LogP contribution is 2.20. The van der Waals surface area contributed by atoms with Gasteiger partial charge in [-0.05, 0) is 20.8 Å². The van der Waals surface area contributed by atoms with Gasteiger partial charge in [-0.1, -0.05) is 11.6 Å². The van der Waals surface area contributed by atoms with Crippen molar-refractivity contribution in [2.24, 2.45) is 0 Å². The fourth-order valence-corrected chi connectivity index (χ4v) is 1.67. The van der Waals surface area contributed by atoms with Gasteiger partial charge < -0.3 is 10.6 Å². The number of nitro groups is 1. The quantitative estimate of drug-likeness (QED) is 0.494. The minimum atomic E-state index is -0.551. The minimum Gasteiger partial charge on any atom is -0.369 e. The van der Waals surface area contributed by atoms with Gasteiger partial charge in [0.1, 0.15) is 11.0 Å². The summed E-state index contributed by atoms with van der Waals surface area (Å²) in [6, 6.07) is 2.44. The number of rotatable bonds is 5. The first-order valence-corrected chi connectivity index (χ1v) is 6.42. The molecular weight excluding hydrogens is 284 g/mol. The van der Waals surface area contributed by atoms with E-state index in [1.807, 2.05) is 20.8 Å². The van der Waals surface area contributed by atoms with Gasteiger partial charge in [-0.25, -0.2) is 4.98 Å². The smallest absolute Gasteiger partial charge is 0.276 e. The van der Waals surface area contributed by atoms with Crippen molar-refractivity contribution in [3.8, 4) is 0 Å². The number of halogens is 1. The molecule has 110 valence electrons. The van der Waals surface area contributed by atoms with Gasteiger partial charge in [0.15, 0.2) is 0 Å². The molecule has 0 aliphatic rings. The number of anilines is 1.